The van der Waals surface area contributed by atoms with Gasteiger partial charge in [0, 0.05) is 5.02 Å². The Morgan fingerprint density at radius 1 is 1.20 bits per heavy atom. The summed E-state index contributed by atoms with van der Waals surface area (Å²) in [5, 5.41) is 12.3. The van der Waals surface area contributed by atoms with Crippen molar-refractivity contribution in [2.24, 2.45) is 0 Å². The van der Waals surface area contributed by atoms with E-state index in [1.54, 1.807) is 23.7 Å². The van der Waals surface area contributed by atoms with Crippen LogP contribution in [-0.4, -0.2) is 32.8 Å². The van der Waals surface area contributed by atoms with Crippen molar-refractivity contribution >= 4 is 29.3 Å². The Morgan fingerprint density at radius 3 is 2.60 bits per heavy atom. The standard InChI is InChI=1S/C17H15ClN4O2S/c1-2-24-16(23)15(12-6-4-3-5-7-12)25-17-19-20-21-22(17)14-10-8-13(18)9-11-14/h3-11,15H,2H2,1H3/t15-/m1/s1. The molecule has 128 valence electrons. The predicted molar refractivity (Wildman–Crippen MR) is 95.8 cm³/mol. The zero-order chi connectivity index (χ0) is 17.6. The number of thioether (sulfide) groups is 1. The third-order valence-corrected chi connectivity index (χ3v) is 4.76. The smallest absolute Gasteiger partial charge is 0.324 e. The number of halogens is 1. The van der Waals surface area contributed by atoms with Crippen molar-refractivity contribution in [3.63, 3.8) is 0 Å². The second-order valence-corrected chi connectivity index (χ2v) is 6.52. The number of aromatic nitrogens is 4. The average molecular weight is 375 g/mol. The van der Waals surface area contributed by atoms with Crippen LogP contribution in [0.5, 0.6) is 0 Å². The summed E-state index contributed by atoms with van der Waals surface area (Å²) in [5.41, 5.74) is 1.59. The summed E-state index contributed by atoms with van der Waals surface area (Å²) in [5.74, 6) is -0.329. The number of benzene rings is 2. The van der Waals surface area contributed by atoms with E-state index in [1.165, 1.54) is 11.8 Å². The highest BCUT2D eigenvalue weighted by atomic mass is 35.5. The molecule has 0 aliphatic carbocycles. The van der Waals surface area contributed by atoms with Crippen LogP contribution in [0.4, 0.5) is 0 Å². The fraction of sp³-hybridized carbons (Fsp3) is 0.176. The molecule has 2 aromatic carbocycles. The Hall–Kier alpha value is -2.38. The van der Waals surface area contributed by atoms with Gasteiger partial charge in [0.15, 0.2) is 0 Å². The fourth-order valence-electron chi connectivity index (χ4n) is 2.20. The minimum atomic E-state index is -0.557. The van der Waals surface area contributed by atoms with E-state index >= 15 is 0 Å². The van der Waals surface area contributed by atoms with Gasteiger partial charge in [-0.3, -0.25) is 4.79 Å². The van der Waals surface area contributed by atoms with Crippen LogP contribution in [0.15, 0.2) is 59.8 Å². The topological polar surface area (TPSA) is 69.9 Å². The fourth-order valence-corrected chi connectivity index (χ4v) is 3.32. The van der Waals surface area contributed by atoms with Crippen LogP contribution in [0.2, 0.25) is 5.02 Å². The quantitative estimate of drug-likeness (QED) is 0.484. The van der Waals surface area contributed by atoms with Gasteiger partial charge in [0.05, 0.1) is 12.3 Å². The van der Waals surface area contributed by atoms with Gasteiger partial charge in [-0.2, -0.15) is 4.68 Å². The second kappa shape index (κ2) is 8.13. The van der Waals surface area contributed by atoms with E-state index in [2.05, 4.69) is 15.5 Å². The average Bonchev–Trinajstić information content (AvgIpc) is 3.09. The van der Waals surface area contributed by atoms with Crippen LogP contribution >= 0.6 is 23.4 Å². The molecule has 0 saturated carbocycles. The Bertz CT molecular complexity index is 839. The van der Waals surface area contributed by atoms with Gasteiger partial charge in [-0.15, -0.1) is 5.10 Å². The number of hydrogen-bond acceptors (Lipinski definition) is 6. The molecule has 0 aliphatic rings. The molecule has 0 bridgehead atoms. The minimum absolute atomic E-state index is 0.310. The SMILES string of the molecule is CCOC(=O)[C@H](Sc1nnnn1-c1ccc(Cl)cc1)c1ccccc1. The molecule has 6 nitrogen and oxygen atoms in total. The zero-order valence-electron chi connectivity index (χ0n) is 13.4. The normalized spacial score (nSPS) is 11.9. The van der Waals surface area contributed by atoms with E-state index < -0.39 is 5.25 Å². The summed E-state index contributed by atoms with van der Waals surface area (Å²) >= 11 is 7.17. The zero-order valence-corrected chi connectivity index (χ0v) is 14.9. The Kier molecular flexibility index (Phi) is 5.67. The Labute approximate surface area is 154 Å². The highest BCUT2D eigenvalue weighted by Gasteiger charge is 2.26. The maximum atomic E-state index is 12.4. The first kappa shape index (κ1) is 17.4. The van der Waals surface area contributed by atoms with Crippen molar-refractivity contribution < 1.29 is 9.53 Å². The van der Waals surface area contributed by atoms with Crippen LogP contribution < -0.4 is 0 Å². The first-order valence-corrected chi connectivity index (χ1v) is 8.87. The van der Waals surface area contributed by atoms with Crippen molar-refractivity contribution in [3.05, 3.63) is 65.2 Å². The van der Waals surface area contributed by atoms with Gasteiger partial charge < -0.3 is 4.74 Å². The number of carbonyl (C=O) groups excluding carboxylic acids is 1. The molecule has 0 radical (unpaired) electrons. The van der Waals surface area contributed by atoms with E-state index in [1.807, 2.05) is 42.5 Å². The summed E-state index contributed by atoms with van der Waals surface area (Å²) in [7, 11) is 0. The van der Waals surface area contributed by atoms with Gasteiger partial charge in [-0.05, 0) is 47.2 Å². The van der Waals surface area contributed by atoms with E-state index in [0.29, 0.717) is 16.8 Å². The van der Waals surface area contributed by atoms with Crippen LogP contribution in [-0.2, 0) is 9.53 Å². The van der Waals surface area contributed by atoms with E-state index in [0.717, 1.165) is 11.3 Å². The molecule has 1 atom stereocenters. The van der Waals surface area contributed by atoms with Crippen LogP contribution in [0, 0.1) is 0 Å². The summed E-state index contributed by atoms with van der Waals surface area (Å²) in [6.07, 6.45) is 0. The van der Waals surface area contributed by atoms with Crippen molar-refractivity contribution in [1.29, 1.82) is 0 Å². The number of nitrogens with zero attached hydrogens (tertiary/aromatic N) is 4. The molecule has 0 saturated heterocycles. The van der Waals surface area contributed by atoms with E-state index in [-0.39, 0.29) is 5.97 Å². The number of hydrogen-bond donors (Lipinski definition) is 0. The van der Waals surface area contributed by atoms with Gasteiger partial charge in [0.2, 0.25) is 5.16 Å². The van der Waals surface area contributed by atoms with Crippen molar-refractivity contribution in [2.45, 2.75) is 17.3 Å². The Morgan fingerprint density at radius 2 is 1.92 bits per heavy atom. The lowest BCUT2D eigenvalue weighted by molar-refractivity contribution is -0.142. The number of tetrazole rings is 1. The van der Waals surface area contributed by atoms with Crippen molar-refractivity contribution in [2.75, 3.05) is 6.61 Å². The molecule has 8 heteroatoms. The molecular weight excluding hydrogens is 360 g/mol. The molecule has 25 heavy (non-hydrogen) atoms. The van der Waals surface area contributed by atoms with Crippen molar-refractivity contribution in [3.8, 4) is 5.69 Å². The second-order valence-electron chi connectivity index (χ2n) is 5.01. The molecule has 0 unspecified atom stereocenters. The Balaban J connectivity index is 1.92. The number of ether oxygens (including phenoxy) is 1. The van der Waals surface area contributed by atoms with Crippen molar-refractivity contribution in [1.82, 2.24) is 20.2 Å². The molecule has 0 aliphatic heterocycles. The summed E-state index contributed by atoms with van der Waals surface area (Å²) < 4.78 is 6.78. The lowest BCUT2D eigenvalue weighted by Gasteiger charge is -2.15. The highest BCUT2D eigenvalue weighted by Crippen LogP contribution is 2.35. The van der Waals surface area contributed by atoms with E-state index in [9.17, 15) is 4.79 Å². The lowest BCUT2D eigenvalue weighted by Crippen LogP contribution is -2.14. The molecule has 0 N–H and O–H groups in total. The highest BCUT2D eigenvalue weighted by molar-refractivity contribution is 8.00. The molecular formula is C17H15ClN4O2S. The van der Waals surface area contributed by atoms with Gasteiger partial charge in [0.1, 0.15) is 5.25 Å². The lowest BCUT2D eigenvalue weighted by atomic mass is 10.1. The maximum absolute atomic E-state index is 12.4. The molecule has 1 heterocycles. The molecule has 3 aromatic rings. The number of rotatable bonds is 6. The summed E-state index contributed by atoms with van der Waals surface area (Å²) in [6.45, 7) is 2.09. The summed E-state index contributed by atoms with van der Waals surface area (Å²) in [4.78, 5) is 12.4. The van der Waals surface area contributed by atoms with Gasteiger partial charge in [0.25, 0.3) is 0 Å². The molecule has 0 amide bonds. The molecule has 0 spiro atoms. The first-order chi connectivity index (χ1) is 12.2. The maximum Gasteiger partial charge on any atom is 0.324 e. The van der Waals surface area contributed by atoms with Crippen LogP contribution in [0.3, 0.4) is 0 Å². The van der Waals surface area contributed by atoms with Gasteiger partial charge in [-0.25, -0.2) is 0 Å². The van der Waals surface area contributed by atoms with Gasteiger partial charge >= 0.3 is 5.97 Å². The monoisotopic (exact) mass is 374 g/mol. The molecule has 0 fully saturated rings. The van der Waals surface area contributed by atoms with Crippen LogP contribution in [0.25, 0.3) is 5.69 Å². The third-order valence-electron chi connectivity index (χ3n) is 3.34. The minimum Gasteiger partial charge on any atom is -0.465 e. The summed E-state index contributed by atoms with van der Waals surface area (Å²) in [6, 6.07) is 16.5. The largest absolute Gasteiger partial charge is 0.465 e. The molecule has 3 rings (SSSR count). The van der Waals surface area contributed by atoms with Crippen LogP contribution in [0.1, 0.15) is 17.7 Å². The van der Waals surface area contributed by atoms with E-state index in [4.69, 9.17) is 16.3 Å². The number of carbonyl (C=O) groups is 1. The first-order valence-electron chi connectivity index (χ1n) is 7.61. The predicted octanol–water partition coefficient (Wildman–Crippen LogP) is 3.71. The third kappa shape index (κ3) is 4.18. The van der Waals surface area contributed by atoms with Gasteiger partial charge in [-0.1, -0.05) is 53.7 Å². The number of esters is 1. The molecule has 1 aromatic heterocycles.